The molecule has 2 N–H and O–H groups in total. The third-order valence-electron chi connectivity index (χ3n) is 3.66. The molecule has 0 spiro atoms. The summed E-state index contributed by atoms with van der Waals surface area (Å²) < 4.78 is 0. The SMILES string of the molecule is CCNC(=NCC(=O)NCc1ccccc1)N(C)Cc1ccccc1. The van der Waals surface area contributed by atoms with E-state index in [1.807, 2.05) is 67.4 Å². The summed E-state index contributed by atoms with van der Waals surface area (Å²) in [5, 5.41) is 6.12. The van der Waals surface area contributed by atoms with Gasteiger partial charge in [0.2, 0.25) is 5.91 Å². The molecular formula is C20H26N4O. The summed E-state index contributed by atoms with van der Waals surface area (Å²) >= 11 is 0. The first-order valence-electron chi connectivity index (χ1n) is 8.53. The van der Waals surface area contributed by atoms with E-state index in [0.29, 0.717) is 6.54 Å². The number of rotatable bonds is 7. The first kappa shape index (κ1) is 18.5. The van der Waals surface area contributed by atoms with Gasteiger partial charge in [0.15, 0.2) is 5.96 Å². The van der Waals surface area contributed by atoms with Crippen LogP contribution in [-0.4, -0.2) is 36.9 Å². The molecule has 0 bridgehead atoms. The van der Waals surface area contributed by atoms with Gasteiger partial charge in [0.1, 0.15) is 6.54 Å². The van der Waals surface area contributed by atoms with Gasteiger partial charge >= 0.3 is 0 Å². The summed E-state index contributed by atoms with van der Waals surface area (Å²) in [4.78, 5) is 18.5. The fourth-order valence-electron chi connectivity index (χ4n) is 2.40. The molecule has 2 rings (SSSR count). The summed E-state index contributed by atoms with van der Waals surface area (Å²) in [5.74, 6) is 0.633. The molecule has 132 valence electrons. The fourth-order valence-corrected chi connectivity index (χ4v) is 2.40. The van der Waals surface area contributed by atoms with E-state index in [9.17, 15) is 4.79 Å². The van der Waals surface area contributed by atoms with E-state index in [2.05, 4.69) is 27.8 Å². The number of carbonyl (C=O) groups is 1. The summed E-state index contributed by atoms with van der Waals surface area (Å²) in [5.41, 5.74) is 2.28. The third-order valence-corrected chi connectivity index (χ3v) is 3.66. The standard InChI is InChI=1S/C20H26N4O/c1-3-21-20(24(2)16-18-12-8-5-9-13-18)23-15-19(25)22-14-17-10-6-4-7-11-17/h4-13H,3,14-16H2,1-2H3,(H,21,23)(H,22,25). The lowest BCUT2D eigenvalue weighted by molar-refractivity contribution is -0.119. The average molecular weight is 338 g/mol. The van der Waals surface area contributed by atoms with Crippen molar-refractivity contribution >= 4 is 11.9 Å². The molecule has 2 aromatic rings. The van der Waals surface area contributed by atoms with Gasteiger partial charge in [-0.3, -0.25) is 4.79 Å². The van der Waals surface area contributed by atoms with Crippen LogP contribution in [0.4, 0.5) is 0 Å². The molecule has 5 nitrogen and oxygen atoms in total. The number of hydrogen-bond acceptors (Lipinski definition) is 2. The van der Waals surface area contributed by atoms with Crippen molar-refractivity contribution in [2.45, 2.75) is 20.0 Å². The number of amides is 1. The molecule has 1 amide bonds. The Hall–Kier alpha value is -2.82. The van der Waals surface area contributed by atoms with Gasteiger partial charge in [-0.2, -0.15) is 0 Å². The Bertz CT molecular complexity index is 671. The van der Waals surface area contributed by atoms with E-state index in [1.54, 1.807) is 0 Å². The molecule has 0 atom stereocenters. The van der Waals surface area contributed by atoms with Crippen LogP contribution in [0.2, 0.25) is 0 Å². The Kier molecular flexibility index (Phi) is 7.50. The van der Waals surface area contributed by atoms with Crippen LogP contribution >= 0.6 is 0 Å². The first-order valence-corrected chi connectivity index (χ1v) is 8.53. The summed E-state index contributed by atoms with van der Waals surface area (Å²) in [6, 6.07) is 20.0. The zero-order valence-electron chi connectivity index (χ0n) is 14.9. The molecule has 0 fully saturated rings. The number of nitrogens with one attached hydrogen (secondary N) is 2. The number of hydrogen-bond donors (Lipinski definition) is 2. The van der Waals surface area contributed by atoms with Gasteiger partial charge in [-0.1, -0.05) is 60.7 Å². The van der Waals surface area contributed by atoms with Gasteiger partial charge < -0.3 is 15.5 Å². The van der Waals surface area contributed by atoms with E-state index in [1.165, 1.54) is 5.56 Å². The molecule has 5 heteroatoms. The van der Waals surface area contributed by atoms with Crippen molar-refractivity contribution in [2.75, 3.05) is 20.1 Å². The highest BCUT2D eigenvalue weighted by molar-refractivity contribution is 5.84. The zero-order chi connectivity index (χ0) is 17.9. The quantitative estimate of drug-likeness (QED) is 0.602. The van der Waals surface area contributed by atoms with Crippen molar-refractivity contribution in [1.29, 1.82) is 0 Å². The number of aliphatic imine (C=N–C) groups is 1. The van der Waals surface area contributed by atoms with Crippen LogP contribution in [0.5, 0.6) is 0 Å². The molecule has 0 saturated carbocycles. The average Bonchev–Trinajstić information content (AvgIpc) is 2.65. The maximum Gasteiger partial charge on any atom is 0.242 e. The predicted octanol–water partition coefficient (Wildman–Crippen LogP) is 2.40. The number of carbonyl (C=O) groups excluding carboxylic acids is 1. The molecule has 0 heterocycles. The summed E-state index contributed by atoms with van der Waals surface area (Å²) in [6.45, 7) is 4.13. The molecule has 0 aliphatic heterocycles. The third kappa shape index (κ3) is 6.67. The van der Waals surface area contributed by atoms with Crippen LogP contribution in [-0.2, 0) is 17.9 Å². The molecule has 2 aromatic carbocycles. The second-order valence-electron chi connectivity index (χ2n) is 5.77. The van der Waals surface area contributed by atoms with Crippen LogP contribution in [0.15, 0.2) is 65.7 Å². The number of guanidine groups is 1. The van der Waals surface area contributed by atoms with Crippen molar-refractivity contribution < 1.29 is 4.79 Å². The molecule has 0 aliphatic carbocycles. The molecule has 25 heavy (non-hydrogen) atoms. The van der Waals surface area contributed by atoms with Crippen LogP contribution < -0.4 is 10.6 Å². The largest absolute Gasteiger partial charge is 0.357 e. The fraction of sp³-hybridized carbons (Fsp3) is 0.300. The molecule has 0 aromatic heterocycles. The lowest BCUT2D eigenvalue weighted by Crippen LogP contribution is -2.39. The molecule has 0 radical (unpaired) electrons. The Morgan fingerprint density at radius 3 is 2.16 bits per heavy atom. The Balaban J connectivity index is 1.88. The Morgan fingerprint density at radius 1 is 0.960 bits per heavy atom. The lowest BCUT2D eigenvalue weighted by atomic mass is 10.2. The Morgan fingerprint density at radius 2 is 1.56 bits per heavy atom. The smallest absolute Gasteiger partial charge is 0.242 e. The minimum Gasteiger partial charge on any atom is -0.357 e. The van der Waals surface area contributed by atoms with Crippen molar-refractivity contribution in [2.24, 2.45) is 4.99 Å². The van der Waals surface area contributed by atoms with E-state index >= 15 is 0 Å². The van der Waals surface area contributed by atoms with Gasteiger partial charge in [0, 0.05) is 26.7 Å². The highest BCUT2D eigenvalue weighted by Crippen LogP contribution is 2.03. The van der Waals surface area contributed by atoms with Crippen molar-refractivity contribution in [1.82, 2.24) is 15.5 Å². The Labute approximate surface area is 149 Å². The summed E-state index contributed by atoms with van der Waals surface area (Å²) in [7, 11) is 1.97. The van der Waals surface area contributed by atoms with Gasteiger partial charge in [-0.15, -0.1) is 0 Å². The predicted molar refractivity (Wildman–Crippen MR) is 102 cm³/mol. The van der Waals surface area contributed by atoms with Gasteiger partial charge in [-0.25, -0.2) is 4.99 Å². The maximum absolute atomic E-state index is 12.0. The maximum atomic E-state index is 12.0. The minimum atomic E-state index is -0.0904. The second kappa shape index (κ2) is 10.1. The first-order chi connectivity index (χ1) is 12.2. The van der Waals surface area contributed by atoms with Crippen LogP contribution in [0, 0.1) is 0 Å². The van der Waals surface area contributed by atoms with Crippen LogP contribution in [0.1, 0.15) is 18.1 Å². The van der Waals surface area contributed by atoms with Crippen LogP contribution in [0.3, 0.4) is 0 Å². The molecule has 0 aliphatic rings. The molecular weight excluding hydrogens is 312 g/mol. The molecule has 0 saturated heterocycles. The topological polar surface area (TPSA) is 56.7 Å². The van der Waals surface area contributed by atoms with Crippen molar-refractivity contribution in [3.8, 4) is 0 Å². The van der Waals surface area contributed by atoms with Gasteiger partial charge in [0.25, 0.3) is 0 Å². The van der Waals surface area contributed by atoms with E-state index in [0.717, 1.165) is 24.6 Å². The van der Waals surface area contributed by atoms with Crippen LogP contribution in [0.25, 0.3) is 0 Å². The summed E-state index contributed by atoms with van der Waals surface area (Å²) in [6.07, 6.45) is 0. The number of benzene rings is 2. The normalized spacial score (nSPS) is 11.0. The highest BCUT2D eigenvalue weighted by Gasteiger charge is 2.08. The number of nitrogens with zero attached hydrogens (tertiary/aromatic N) is 2. The molecule has 0 unspecified atom stereocenters. The monoisotopic (exact) mass is 338 g/mol. The van der Waals surface area contributed by atoms with E-state index in [-0.39, 0.29) is 12.5 Å². The van der Waals surface area contributed by atoms with Gasteiger partial charge in [0.05, 0.1) is 0 Å². The van der Waals surface area contributed by atoms with Crippen molar-refractivity contribution in [3.63, 3.8) is 0 Å². The minimum absolute atomic E-state index is 0.0904. The van der Waals surface area contributed by atoms with Crippen molar-refractivity contribution in [3.05, 3.63) is 71.8 Å². The van der Waals surface area contributed by atoms with E-state index in [4.69, 9.17) is 0 Å². The lowest BCUT2D eigenvalue weighted by Gasteiger charge is -2.22. The second-order valence-corrected chi connectivity index (χ2v) is 5.77. The highest BCUT2D eigenvalue weighted by atomic mass is 16.1. The van der Waals surface area contributed by atoms with Gasteiger partial charge in [-0.05, 0) is 18.1 Å². The van der Waals surface area contributed by atoms with E-state index < -0.39 is 0 Å². The zero-order valence-corrected chi connectivity index (χ0v) is 14.9.